The summed E-state index contributed by atoms with van der Waals surface area (Å²) in [5.41, 5.74) is 1.89. The first kappa shape index (κ1) is 13.7. The van der Waals surface area contributed by atoms with E-state index < -0.39 is 17.6 Å². The summed E-state index contributed by atoms with van der Waals surface area (Å²) < 4.78 is 38.2. The zero-order valence-corrected chi connectivity index (χ0v) is 10.3. The minimum Gasteiger partial charge on any atom is -0.338 e. The van der Waals surface area contributed by atoms with Gasteiger partial charge in [-0.3, -0.25) is 10.6 Å². The Balaban J connectivity index is 2.15. The van der Waals surface area contributed by atoms with Gasteiger partial charge < -0.3 is 10.7 Å². The minimum absolute atomic E-state index is 0.0658. The number of rotatable bonds is 3. The highest BCUT2D eigenvalue weighted by molar-refractivity contribution is 5.95. The van der Waals surface area contributed by atoms with Crippen LogP contribution in [-0.4, -0.2) is 17.6 Å². The lowest BCUT2D eigenvalue weighted by atomic mass is 10.1. The molecule has 1 fully saturated rings. The van der Waals surface area contributed by atoms with E-state index in [1.165, 1.54) is 12.1 Å². The average molecular weight is 273 g/mol. The van der Waals surface area contributed by atoms with Crippen LogP contribution in [-0.2, 0) is 0 Å². The van der Waals surface area contributed by atoms with E-state index in [-0.39, 0.29) is 18.4 Å². The van der Waals surface area contributed by atoms with Crippen molar-refractivity contribution in [1.29, 1.82) is 0 Å². The molecule has 0 unspecified atom stereocenters. The SMILES string of the molecule is Cc1cc(C(=O)NC2(C(F)(F)F)CC2)ccc1NN. The fourth-order valence-corrected chi connectivity index (χ4v) is 1.86. The summed E-state index contributed by atoms with van der Waals surface area (Å²) in [7, 11) is 0. The number of nitrogens with two attached hydrogens (primary N) is 1. The van der Waals surface area contributed by atoms with E-state index in [1.807, 2.05) is 0 Å². The van der Waals surface area contributed by atoms with Crippen molar-refractivity contribution in [2.45, 2.75) is 31.5 Å². The summed E-state index contributed by atoms with van der Waals surface area (Å²) >= 11 is 0. The second-order valence-corrected chi connectivity index (χ2v) is 4.71. The Bertz CT molecular complexity index is 509. The van der Waals surface area contributed by atoms with Gasteiger partial charge in [0.05, 0.1) is 5.69 Å². The number of halogens is 3. The highest BCUT2D eigenvalue weighted by atomic mass is 19.4. The Morgan fingerprint density at radius 3 is 2.42 bits per heavy atom. The largest absolute Gasteiger partial charge is 0.411 e. The number of amides is 1. The van der Waals surface area contributed by atoms with Crippen LogP contribution in [0.1, 0.15) is 28.8 Å². The number of nitrogens with one attached hydrogen (secondary N) is 2. The third-order valence-corrected chi connectivity index (χ3v) is 3.29. The van der Waals surface area contributed by atoms with Gasteiger partial charge in [-0.05, 0) is 43.5 Å². The number of alkyl halides is 3. The number of carbonyl (C=O) groups excluding carboxylic acids is 1. The van der Waals surface area contributed by atoms with Crippen molar-refractivity contribution in [2.24, 2.45) is 5.84 Å². The van der Waals surface area contributed by atoms with E-state index in [0.29, 0.717) is 11.3 Å². The summed E-state index contributed by atoms with van der Waals surface area (Å²) in [6, 6.07) is 4.48. The molecule has 4 N–H and O–H groups in total. The van der Waals surface area contributed by atoms with Gasteiger partial charge in [0.15, 0.2) is 0 Å². The van der Waals surface area contributed by atoms with Crippen molar-refractivity contribution in [3.63, 3.8) is 0 Å². The van der Waals surface area contributed by atoms with Gasteiger partial charge in [0.1, 0.15) is 5.54 Å². The van der Waals surface area contributed by atoms with E-state index in [0.717, 1.165) is 0 Å². The molecule has 0 aromatic heterocycles. The van der Waals surface area contributed by atoms with Gasteiger partial charge >= 0.3 is 6.18 Å². The molecule has 0 heterocycles. The zero-order chi connectivity index (χ0) is 14.3. The molecule has 1 amide bonds. The number of hydrogen-bond acceptors (Lipinski definition) is 3. The first-order chi connectivity index (χ1) is 8.79. The molecule has 104 valence electrons. The second kappa shape index (κ2) is 4.41. The lowest BCUT2D eigenvalue weighted by Crippen LogP contribution is -2.47. The Hall–Kier alpha value is -1.76. The molecule has 0 aliphatic heterocycles. The predicted octanol–water partition coefficient (Wildman–Crippen LogP) is 2.11. The topological polar surface area (TPSA) is 67.2 Å². The lowest BCUT2D eigenvalue weighted by molar-refractivity contribution is -0.163. The molecule has 19 heavy (non-hydrogen) atoms. The summed E-state index contributed by atoms with van der Waals surface area (Å²) in [6.07, 6.45) is -4.54. The number of hydrazine groups is 1. The van der Waals surface area contributed by atoms with E-state index in [1.54, 1.807) is 13.0 Å². The fraction of sp³-hybridized carbons (Fsp3) is 0.417. The van der Waals surface area contributed by atoms with Crippen molar-refractivity contribution in [2.75, 3.05) is 5.43 Å². The highest BCUT2D eigenvalue weighted by Crippen LogP contribution is 2.49. The molecular weight excluding hydrogens is 259 g/mol. The molecule has 0 saturated heterocycles. The second-order valence-electron chi connectivity index (χ2n) is 4.71. The third kappa shape index (κ3) is 2.51. The molecule has 4 nitrogen and oxygen atoms in total. The molecule has 1 saturated carbocycles. The summed E-state index contributed by atoms with van der Waals surface area (Å²) in [5.74, 6) is 4.53. The molecular formula is C12H14F3N3O. The first-order valence-electron chi connectivity index (χ1n) is 5.75. The number of aryl methyl sites for hydroxylation is 1. The van der Waals surface area contributed by atoms with Crippen LogP contribution in [0.2, 0.25) is 0 Å². The van der Waals surface area contributed by atoms with Crippen molar-refractivity contribution >= 4 is 11.6 Å². The van der Waals surface area contributed by atoms with E-state index >= 15 is 0 Å². The molecule has 0 bridgehead atoms. The molecule has 0 atom stereocenters. The minimum atomic E-state index is -4.41. The van der Waals surface area contributed by atoms with Crippen molar-refractivity contribution in [1.82, 2.24) is 5.32 Å². The van der Waals surface area contributed by atoms with Crippen molar-refractivity contribution < 1.29 is 18.0 Å². The Morgan fingerprint density at radius 1 is 1.37 bits per heavy atom. The Kier molecular flexibility index (Phi) is 3.17. The standard InChI is InChI=1S/C12H14F3N3O/c1-7-6-8(2-3-9(7)18-16)10(19)17-11(4-5-11)12(13,14)15/h2-3,6,18H,4-5,16H2,1H3,(H,17,19). The number of nitrogen functional groups attached to an aromatic ring is 1. The third-order valence-electron chi connectivity index (χ3n) is 3.29. The van der Waals surface area contributed by atoms with Gasteiger partial charge in [-0.2, -0.15) is 13.2 Å². The molecule has 0 spiro atoms. The van der Waals surface area contributed by atoms with Crippen LogP contribution in [0.25, 0.3) is 0 Å². The molecule has 1 aliphatic rings. The first-order valence-corrected chi connectivity index (χ1v) is 5.75. The monoisotopic (exact) mass is 273 g/mol. The van der Waals surface area contributed by atoms with Gasteiger partial charge in [-0.15, -0.1) is 0 Å². The van der Waals surface area contributed by atoms with Gasteiger partial charge in [0.2, 0.25) is 0 Å². The van der Waals surface area contributed by atoms with Crippen LogP contribution in [0.4, 0.5) is 18.9 Å². The van der Waals surface area contributed by atoms with Crippen LogP contribution in [0, 0.1) is 6.92 Å². The summed E-state index contributed by atoms with van der Waals surface area (Å²) in [4.78, 5) is 11.8. The maximum absolute atomic E-state index is 12.7. The number of anilines is 1. The predicted molar refractivity (Wildman–Crippen MR) is 64.5 cm³/mol. The van der Waals surface area contributed by atoms with Gasteiger partial charge in [0, 0.05) is 5.56 Å². The van der Waals surface area contributed by atoms with Crippen LogP contribution in [0.5, 0.6) is 0 Å². The Labute approximate surface area is 108 Å². The molecule has 1 aromatic carbocycles. The smallest absolute Gasteiger partial charge is 0.338 e. The molecule has 0 radical (unpaired) electrons. The van der Waals surface area contributed by atoms with Gasteiger partial charge in [-0.1, -0.05) is 0 Å². The van der Waals surface area contributed by atoms with Crippen molar-refractivity contribution in [3.05, 3.63) is 29.3 Å². The number of benzene rings is 1. The van der Waals surface area contributed by atoms with Crippen LogP contribution in [0.15, 0.2) is 18.2 Å². The van der Waals surface area contributed by atoms with Crippen LogP contribution >= 0.6 is 0 Å². The van der Waals surface area contributed by atoms with E-state index in [2.05, 4.69) is 10.7 Å². The average Bonchev–Trinajstić information content (AvgIpc) is 3.09. The quantitative estimate of drug-likeness (QED) is 0.583. The maximum Gasteiger partial charge on any atom is 0.411 e. The Morgan fingerprint density at radius 2 is 2.00 bits per heavy atom. The molecule has 1 aliphatic carbocycles. The normalized spacial score (nSPS) is 16.9. The number of hydrogen-bond donors (Lipinski definition) is 3. The summed E-state index contributed by atoms with van der Waals surface area (Å²) in [6.45, 7) is 1.71. The highest BCUT2D eigenvalue weighted by Gasteiger charge is 2.64. The summed E-state index contributed by atoms with van der Waals surface area (Å²) in [5, 5.41) is 2.07. The van der Waals surface area contributed by atoms with Crippen LogP contribution in [0.3, 0.4) is 0 Å². The maximum atomic E-state index is 12.7. The van der Waals surface area contributed by atoms with Gasteiger partial charge in [0.25, 0.3) is 5.91 Å². The van der Waals surface area contributed by atoms with Crippen LogP contribution < -0.4 is 16.6 Å². The number of carbonyl (C=O) groups is 1. The van der Waals surface area contributed by atoms with E-state index in [9.17, 15) is 18.0 Å². The lowest BCUT2D eigenvalue weighted by Gasteiger charge is -2.21. The molecule has 2 rings (SSSR count). The fourth-order valence-electron chi connectivity index (χ4n) is 1.86. The molecule has 1 aromatic rings. The van der Waals surface area contributed by atoms with Crippen molar-refractivity contribution in [3.8, 4) is 0 Å². The zero-order valence-electron chi connectivity index (χ0n) is 10.3. The van der Waals surface area contributed by atoms with Gasteiger partial charge in [-0.25, -0.2) is 0 Å². The van der Waals surface area contributed by atoms with E-state index in [4.69, 9.17) is 5.84 Å². The molecule has 7 heteroatoms.